The number of esters is 1. The molecular weight excluding hydrogens is 238 g/mol. The van der Waals surface area contributed by atoms with Gasteiger partial charge in [0.05, 0.1) is 6.61 Å². The van der Waals surface area contributed by atoms with Crippen LogP contribution in [0.15, 0.2) is 36.4 Å². The molecule has 0 radical (unpaired) electrons. The third-order valence-electron chi connectivity index (χ3n) is 2.97. The molecule has 0 aromatic heterocycles. The van der Waals surface area contributed by atoms with Crippen LogP contribution in [0.25, 0.3) is 6.08 Å². The Kier molecular flexibility index (Phi) is 7.59. The van der Waals surface area contributed by atoms with Gasteiger partial charge in [-0.1, -0.05) is 44.2 Å². The van der Waals surface area contributed by atoms with Crippen LogP contribution in [-0.4, -0.2) is 37.1 Å². The van der Waals surface area contributed by atoms with Crippen molar-refractivity contribution in [2.75, 3.05) is 26.2 Å². The van der Waals surface area contributed by atoms with E-state index in [1.54, 1.807) is 6.08 Å². The van der Waals surface area contributed by atoms with Crippen LogP contribution in [0.5, 0.6) is 0 Å². The summed E-state index contributed by atoms with van der Waals surface area (Å²) >= 11 is 0. The smallest absolute Gasteiger partial charge is 0.330 e. The van der Waals surface area contributed by atoms with Gasteiger partial charge in [0.25, 0.3) is 0 Å². The summed E-state index contributed by atoms with van der Waals surface area (Å²) in [6.07, 6.45) is 4.13. The largest absolute Gasteiger partial charge is 0.462 e. The maximum Gasteiger partial charge on any atom is 0.330 e. The van der Waals surface area contributed by atoms with Gasteiger partial charge < -0.3 is 9.64 Å². The van der Waals surface area contributed by atoms with Gasteiger partial charge in [-0.25, -0.2) is 4.79 Å². The first-order valence-corrected chi connectivity index (χ1v) is 6.88. The minimum absolute atomic E-state index is 0.275. The Balaban J connectivity index is 2.20. The highest BCUT2D eigenvalue weighted by Crippen LogP contribution is 2.01. The van der Waals surface area contributed by atoms with Gasteiger partial charge >= 0.3 is 5.97 Å². The van der Waals surface area contributed by atoms with E-state index in [-0.39, 0.29) is 5.97 Å². The molecule has 0 fully saturated rings. The normalized spacial score (nSPS) is 11.1. The summed E-state index contributed by atoms with van der Waals surface area (Å²) < 4.78 is 5.15. The summed E-state index contributed by atoms with van der Waals surface area (Å²) in [5.41, 5.74) is 1.00. The zero-order valence-electron chi connectivity index (χ0n) is 11.8. The van der Waals surface area contributed by atoms with Crippen LogP contribution in [0.3, 0.4) is 0 Å². The van der Waals surface area contributed by atoms with Gasteiger partial charge in [-0.05, 0) is 31.1 Å². The number of carbonyl (C=O) groups is 1. The molecule has 19 heavy (non-hydrogen) atoms. The van der Waals surface area contributed by atoms with E-state index in [9.17, 15) is 4.79 Å². The molecule has 0 aliphatic carbocycles. The van der Waals surface area contributed by atoms with Gasteiger partial charge in [0, 0.05) is 12.6 Å². The minimum atomic E-state index is -0.275. The third-order valence-corrected chi connectivity index (χ3v) is 2.97. The topological polar surface area (TPSA) is 29.5 Å². The zero-order valence-corrected chi connectivity index (χ0v) is 11.8. The van der Waals surface area contributed by atoms with Crippen molar-refractivity contribution in [3.05, 3.63) is 42.0 Å². The fourth-order valence-corrected chi connectivity index (χ4v) is 1.78. The van der Waals surface area contributed by atoms with Crippen LogP contribution in [0, 0.1) is 0 Å². The molecule has 0 amide bonds. The van der Waals surface area contributed by atoms with Crippen molar-refractivity contribution >= 4 is 12.0 Å². The summed E-state index contributed by atoms with van der Waals surface area (Å²) in [6.45, 7) is 7.81. The lowest BCUT2D eigenvalue weighted by Crippen LogP contribution is -2.25. The first-order chi connectivity index (χ1) is 9.26. The zero-order chi connectivity index (χ0) is 13.9. The molecule has 0 spiro atoms. The van der Waals surface area contributed by atoms with Crippen LogP contribution >= 0.6 is 0 Å². The van der Waals surface area contributed by atoms with Gasteiger partial charge in [0.15, 0.2) is 0 Å². The molecule has 0 aliphatic rings. The highest BCUT2D eigenvalue weighted by molar-refractivity contribution is 5.86. The predicted octanol–water partition coefficient (Wildman–Crippen LogP) is 2.97. The Labute approximate surface area is 115 Å². The van der Waals surface area contributed by atoms with E-state index in [1.807, 2.05) is 30.3 Å². The van der Waals surface area contributed by atoms with E-state index in [0.717, 1.165) is 31.6 Å². The van der Waals surface area contributed by atoms with E-state index in [4.69, 9.17) is 4.74 Å². The van der Waals surface area contributed by atoms with Crippen molar-refractivity contribution in [2.24, 2.45) is 0 Å². The minimum Gasteiger partial charge on any atom is -0.462 e. The molecule has 0 atom stereocenters. The number of ether oxygens (including phenoxy) is 1. The average Bonchev–Trinajstić information content (AvgIpc) is 2.46. The maximum absolute atomic E-state index is 11.5. The Bertz CT molecular complexity index is 383. The van der Waals surface area contributed by atoms with Crippen molar-refractivity contribution in [1.82, 2.24) is 4.90 Å². The number of benzene rings is 1. The molecule has 0 saturated heterocycles. The molecule has 104 valence electrons. The Morgan fingerprint density at radius 1 is 1.21 bits per heavy atom. The summed E-state index contributed by atoms with van der Waals surface area (Å²) in [7, 11) is 0. The monoisotopic (exact) mass is 261 g/mol. The van der Waals surface area contributed by atoms with E-state index in [2.05, 4.69) is 18.7 Å². The SMILES string of the molecule is CCN(CC)CCCOC(=O)C=Cc1ccccc1. The first-order valence-electron chi connectivity index (χ1n) is 6.88. The lowest BCUT2D eigenvalue weighted by atomic mass is 10.2. The van der Waals surface area contributed by atoms with Gasteiger partial charge in [0.2, 0.25) is 0 Å². The molecule has 1 rings (SSSR count). The number of hydrogen-bond donors (Lipinski definition) is 0. The van der Waals surface area contributed by atoms with Crippen LogP contribution in [-0.2, 0) is 9.53 Å². The van der Waals surface area contributed by atoms with E-state index in [0.29, 0.717) is 6.61 Å². The van der Waals surface area contributed by atoms with Crippen molar-refractivity contribution < 1.29 is 9.53 Å². The van der Waals surface area contributed by atoms with Crippen LogP contribution in [0.2, 0.25) is 0 Å². The standard InChI is InChI=1S/C16H23NO2/c1-3-17(4-2)13-8-14-19-16(18)12-11-15-9-6-5-7-10-15/h5-7,9-12H,3-4,8,13-14H2,1-2H3. The fourth-order valence-electron chi connectivity index (χ4n) is 1.78. The van der Waals surface area contributed by atoms with E-state index < -0.39 is 0 Å². The van der Waals surface area contributed by atoms with Crippen molar-refractivity contribution in [3.63, 3.8) is 0 Å². The van der Waals surface area contributed by atoms with Crippen molar-refractivity contribution in [3.8, 4) is 0 Å². The lowest BCUT2D eigenvalue weighted by molar-refractivity contribution is -0.137. The summed E-state index contributed by atoms with van der Waals surface area (Å²) in [5.74, 6) is -0.275. The molecule has 3 nitrogen and oxygen atoms in total. The Morgan fingerprint density at radius 3 is 2.53 bits per heavy atom. The van der Waals surface area contributed by atoms with Gasteiger partial charge in [-0.3, -0.25) is 0 Å². The maximum atomic E-state index is 11.5. The number of rotatable bonds is 8. The molecule has 0 bridgehead atoms. The molecule has 1 aromatic rings. The molecule has 3 heteroatoms. The van der Waals surface area contributed by atoms with E-state index in [1.165, 1.54) is 6.08 Å². The summed E-state index contributed by atoms with van der Waals surface area (Å²) in [5, 5.41) is 0. The third kappa shape index (κ3) is 6.77. The molecule has 0 heterocycles. The predicted molar refractivity (Wildman–Crippen MR) is 78.8 cm³/mol. The van der Waals surface area contributed by atoms with Crippen molar-refractivity contribution in [2.45, 2.75) is 20.3 Å². The van der Waals surface area contributed by atoms with Crippen LogP contribution in [0.1, 0.15) is 25.8 Å². The van der Waals surface area contributed by atoms with E-state index >= 15 is 0 Å². The lowest BCUT2D eigenvalue weighted by Gasteiger charge is -2.17. The number of nitrogens with zero attached hydrogens (tertiary/aromatic N) is 1. The van der Waals surface area contributed by atoms with Gasteiger partial charge in [-0.15, -0.1) is 0 Å². The molecule has 1 aromatic carbocycles. The van der Waals surface area contributed by atoms with Gasteiger partial charge in [-0.2, -0.15) is 0 Å². The Morgan fingerprint density at radius 2 is 1.89 bits per heavy atom. The fraction of sp³-hybridized carbons (Fsp3) is 0.438. The van der Waals surface area contributed by atoms with Crippen molar-refractivity contribution in [1.29, 1.82) is 0 Å². The second-order valence-electron chi connectivity index (χ2n) is 4.29. The number of hydrogen-bond acceptors (Lipinski definition) is 3. The molecular formula is C16H23NO2. The highest BCUT2D eigenvalue weighted by atomic mass is 16.5. The van der Waals surface area contributed by atoms with Crippen LogP contribution < -0.4 is 0 Å². The molecule has 0 unspecified atom stereocenters. The quantitative estimate of drug-likeness (QED) is 0.409. The summed E-state index contributed by atoms with van der Waals surface area (Å²) in [6, 6.07) is 9.72. The first kappa shape index (κ1) is 15.4. The second-order valence-corrected chi connectivity index (χ2v) is 4.29. The van der Waals surface area contributed by atoms with Gasteiger partial charge in [0.1, 0.15) is 0 Å². The van der Waals surface area contributed by atoms with Crippen LogP contribution in [0.4, 0.5) is 0 Å². The average molecular weight is 261 g/mol. The second kappa shape index (κ2) is 9.34. The molecule has 0 saturated carbocycles. The summed E-state index contributed by atoms with van der Waals surface area (Å²) in [4.78, 5) is 13.8. The molecule has 0 aliphatic heterocycles. The number of carbonyl (C=O) groups excluding carboxylic acids is 1. The highest BCUT2D eigenvalue weighted by Gasteiger charge is 2.00. The molecule has 0 N–H and O–H groups in total. The Hall–Kier alpha value is -1.61.